The fraction of sp³-hybridized carbons (Fsp3) is 0.100. The molecule has 0 atom stereocenters. The third-order valence-corrected chi connectivity index (χ3v) is 1.82. The van der Waals surface area contributed by atoms with Crippen LogP contribution in [-0.4, -0.2) is 17.0 Å². The molecule has 0 aliphatic heterocycles. The van der Waals surface area contributed by atoms with Gasteiger partial charge in [0, 0.05) is 11.6 Å². The lowest BCUT2D eigenvalue weighted by molar-refractivity contribution is -0.398. The molecule has 18 heavy (non-hydrogen) atoms. The van der Waals surface area contributed by atoms with Crippen molar-refractivity contribution in [3.63, 3.8) is 0 Å². The van der Waals surface area contributed by atoms with Gasteiger partial charge in [0.1, 0.15) is 6.42 Å². The number of nitrogens with zero attached hydrogens (tertiary/aromatic N) is 3. The molecule has 0 unspecified atom stereocenters. The monoisotopic (exact) mass is 247 g/mol. The summed E-state index contributed by atoms with van der Waals surface area (Å²) < 4.78 is 0. The molecule has 0 heterocycles. The van der Waals surface area contributed by atoms with E-state index in [0.717, 1.165) is 18.3 Å². The number of benzene rings is 1. The maximum atomic E-state index is 11.1. The van der Waals surface area contributed by atoms with E-state index in [1.165, 1.54) is 6.07 Å². The van der Waals surface area contributed by atoms with Crippen LogP contribution in [0.1, 0.15) is 12.0 Å². The Morgan fingerprint density at radius 3 is 2.94 bits per heavy atom. The Morgan fingerprint density at radius 2 is 2.33 bits per heavy atom. The van der Waals surface area contributed by atoms with Crippen LogP contribution in [0.2, 0.25) is 0 Å². The van der Waals surface area contributed by atoms with Gasteiger partial charge in [0.2, 0.25) is 0 Å². The zero-order chi connectivity index (χ0) is 13.5. The minimum atomic E-state index is -0.798. The van der Waals surface area contributed by atoms with Gasteiger partial charge in [-0.15, -0.1) is 0 Å². The van der Waals surface area contributed by atoms with Gasteiger partial charge in [-0.25, -0.2) is 5.43 Å². The van der Waals surface area contributed by atoms with Crippen molar-refractivity contribution >= 4 is 17.8 Å². The average Bonchev–Trinajstić information content (AvgIpc) is 2.31. The van der Waals surface area contributed by atoms with Gasteiger partial charge in [0.25, 0.3) is 11.6 Å². The molecule has 0 aliphatic rings. The Balaban J connectivity index is 2.77. The number of amides is 1. The van der Waals surface area contributed by atoms with Crippen LogP contribution >= 0.6 is 0 Å². The van der Waals surface area contributed by atoms with E-state index in [1.54, 1.807) is 6.07 Å². The molecule has 0 aliphatic carbocycles. The number of rotatable bonds is 4. The van der Waals surface area contributed by atoms with Gasteiger partial charge < -0.3 is 5.11 Å². The Kier molecular flexibility index (Phi) is 4.34. The molecule has 0 saturated heterocycles. The van der Waals surface area contributed by atoms with Crippen molar-refractivity contribution in [3.8, 4) is 11.8 Å². The molecule has 1 rings (SSSR count). The number of carbonyl (C=O) groups excluding carboxylic acids is 1. The molecule has 1 amide bonds. The summed E-state index contributed by atoms with van der Waals surface area (Å²) in [4.78, 5) is 20.6. The summed E-state index contributed by atoms with van der Waals surface area (Å²) in [6.07, 6.45) is 0.804. The summed E-state index contributed by atoms with van der Waals surface area (Å²) in [5.41, 5.74) is 1.78. The first kappa shape index (κ1) is 13.1. The molecule has 0 spiro atoms. The first-order valence-electron chi connectivity index (χ1n) is 4.69. The van der Waals surface area contributed by atoms with E-state index >= 15 is 0 Å². The maximum absolute atomic E-state index is 11.1. The Labute approximate surface area is 101 Å². The number of nitriles is 1. The molecule has 0 bridgehead atoms. The predicted molar refractivity (Wildman–Crippen MR) is 58.5 cm³/mol. The molecule has 0 radical (unpaired) electrons. The molecular weight excluding hydrogens is 240 g/mol. The van der Waals surface area contributed by atoms with Crippen molar-refractivity contribution in [2.75, 3.05) is 0 Å². The molecule has 8 heteroatoms. The average molecular weight is 247 g/mol. The lowest BCUT2D eigenvalue weighted by Gasteiger charge is -2.05. The summed E-state index contributed by atoms with van der Waals surface area (Å²) in [5.74, 6) is -1.30. The van der Waals surface area contributed by atoms with Gasteiger partial charge in [0.05, 0.1) is 17.2 Å². The summed E-state index contributed by atoms with van der Waals surface area (Å²) >= 11 is 0. The zero-order valence-corrected chi connectivity index (χ0v) is 8.99. The van der Waals surface area contributed by atoms with Gasteiger partial charge in [-0.05, 0) is 5.75 Å². The number of hydrazone groups is 1. The standard InChI is InChI=1S/C10H8N4O4/c11-4-3-10(16)13-12-6-7-1-2-9(15)8(5-7)14(17)18/h1-2,5-6,15H,3H2,(H,13,16)/p-1/b12-6-. The number of hydrogen-bond donors (Lipinski definition) is 1. The number of nitro groups is 1. The lowest BCUT2D eigenvalue weighted by Crippen LogP contribution is -2.16. The van der Waals surface area contributed by atoms with Crippen molar-refractivity contribution in [1.82, 2.24) is 5.43 Å². The van der Waals surface area contributed by atoms with Crippen LogP contribution in [0.15, 0.2) is 23.3 Å². The predicted octanol–water partition coefficient (Wildman–Crippen LogP) is 0.0322. The van der Waals surface area contributed by atoms with E-state index in [1.807, 2.05) is 0 Å². The molecule has 0 saturated carbocycles. The smallest absolute Gasteiger partial charge is 0.262 e. The van der Waals surface area contributed by atoms with Gasteiger partial charge in [-0.3, -0.25) is 14.9 Å². The summed E-state index contributed by atoms with van der Waals surface area (Å²) in [6.45, 7) is 0. The van der Waals surface area contributed by atoms with Crippen LogP contribution in [0.25, 0.3) is 0 Å². The molecule has 1 N–H and O–H groups in total. The van der Waals surface area contributed by atoms with E-state index in [4.69, 9.17) is 5.26 Å². The fourth-order valence-electron chi connectivity index (χ4n) is 1.05. The summed E-state index contributed by atoms with van der Waals surface area (Å²) in [5, 5.41) is 33.3. The third kappa shape index (κ3) is 3.57. The van der Waals surface area contributed by atoms with Gasteiger partial charge in [0.15, 0.2) is 0 Å². The van der Waals surface area contributed by atoms with Gasteiger partial charge in [-0.2, -0.15) is 10.4 Å². The quantitative estimate of drug-likeness (QED) is 0.455. The SMILES string of the molecule is N#CCC(=O)N/N=C\c1ccc([O-])c([N+](=O)[O-])c1. The highest BCUT2D eigenvalue weighted by molar-refractivity contribution is 5.84. The fourth-order valence-corrected chi connectivity index (χ4v) is 1.05. The van der Waals surface area contributed by atoms with Crippen LogP contribution < -0.4 is 10.5 Å². The Morgan fingerprint density at radius 1 is 1.61 bits per heavy atom. The topological polar surface area (TPSA) is 131 Å². The van der Waals surface area contributed by atoms with E-state index in [0.29, 0.717) is 5.56 Å². The lowest BCUT2D eigenvalue weighted by atomic mass is 10.2. The minimum Gasteiger partial charge on any atom is -0.868 e. The molecular formula is C10H7N4O4-. The summed E-state index contributed by atoms with van der Waals surface area (Å²) in [6, 6.07) is 5.04. The van der Waals surface area contributed by atoms with Crippen molar-refractivity contribution < 1.29 is 14.8 Å². The normalized spacial score (nSPS) is 9.94. The first-order chi connectivity index (χ1) is 8.54. The highest BCUT2D eigenvalue weighted by Gasteiger charge is 2.06. The van der Waals surface area contributed by atoms with Crippen LogP contribution in [0, 0.1) is 21.4 Å². The second-order valence-electron chi connectivity index (χ2n) is 3.11. The van der Waals surface area contributed by atoms with Crippen molar-refractivity contribution in [2.24, 2.45) is 5.10 Å². The highest BCUT2D eigenvalue weighted by atomic mass is 16.6. The zero-order valence-electron chi connectivity index (χ0n) is 8.99. The van der Waals surface area contributed by atoms with Gasteiger partial charge >= 0.3 is 0 Å². The van der Waals surface area contributed by atoms with Crippen LogP contribution in [0.3, 0.4) is 0 Å². The van der Waals surface area contributed by atoms with E-state index in [-0.39, 0.29) is 6.42 Å². The summed E-state index contributed by atoms with van der Waals surface area (Å²) in [7, 11) is 0. The molecule has 92 valence electrons. The number of carbonyl (C=O) groups is 1. The number of hydrogen-bond acceptors (Lipinski definition) is 6. The molecule has 0 fully saturated rings. The maximum Gasteiger partial charge on any atom is 0.262 e. The minimum absolute atomic E-state index is 0.290. The first-order valence-corrected chi connectivity index (χ1v) is 4.69. The molecule has 0 aromatic heterocycles. The second-order valence-corrected chi connectivity index (χ2v) is 3.11. The van der Waals surface area contributed by atoms with E-state index in [9.17, 15) is 20.0 Å². The second kappa shape index (κ2) is 5.95. The molecule has 1 aromatic carbocycles. The van der Waals surface area contributed by atoms with Crippen LogP contribution in [-0.2, 0) is 4.79 Å². The Bertz CT molecular complexity index is 547. The Hall–Kier alpha value is -2.95. The van der Waals surface area contributed by atoms with Gasteiger partial charge in [-0.1, -0.05) is 12.1 Å². The van der Waals surface area contributed by atoms with Crippen molar-refractivity contribution in [2.45, 2.75) is 6.42 Å². The number of nitrogens with one attached hydrogen (secondary N) is 1. The molecule has 1 aromatic rings. The third-order valence-electron chi connectivity index (χ3n) is 1.82. The van der Waals surface area contributed by atoms with Crippen molar-refractivity contribution in [3.05, 3.63) is 33.9 Å². The largest absolute Gasteiger partial charge is 0.868 e. The van der Waals surface area contributed by atoms with Crippen LogP contribution in [0.5, 0.6) is 5.75 Å². The van der Waals surface area contributed by atoms with E-state index in [2.05, 4.69) is 10.5 Å². The number of nitro benzene ring substituents is 1. The van der Waals surface area contributed by atoms with Crippen molar-refractivity contribution in [1.29, 1.82) is 5.26 Å². The highest BCUT2D eigenvalue weighted by Crippen LogP contribution is 2.22. The van der Waals surface area contributed by atoms with E-state index < -0.39 is 22.3 Å². The van der Waals surface area contributed by atoms with Crippen LogP contribution in [0.4, 0.5) is 5.69 Å². The molecule has 8 nitrogen and oxygen atoms in total.